The predicted molar refractivity (Wildman–Crippen MR) is 66.6 cm³/mol. The van der Waals surface area contributed by atoms with Crippen molar-refractivity contribution in [1.29, 1.82) is 0 Å². The molecule has 1 aromatic carbocycles. The normalized spacial score (nSPS) is 11.9. The van der Waals surface area contributed by atoms with Gasteiger partial charge in [0.2, 0.25) is 0 Å². The second kappa shape index (κ2) is 6.05. The molecule has 0 aliphatic carbocycles. The van der Waals surface area contributed by atoms with Gasteiger partial charge in [0.05, 0.1) is 5.56 Å². The molecule has 1 rings (SSSR count). The van der Waals surface area contributed by atoms with Crippen molar-refractivity contribution in [2.75, 3.05) is 6.54 Å². The maximum atomic E-state index is 11.7. The van der Waals surface area contributed by atoms with Crippen molar-refractivity contribution in [1.82, 2.24) is 5.32 Å². The highest BCUT2D eigenvalue weighted by Crippen LogP contribution is 2.18. The first-order chi connectivity index (χ1) is 8.40. The fourth-order valence-corrected chi connectivity index (χ4v) is 1.57. The maximum absolute atomic E-state index is 11.7. The maximum Gasteiger partial charge on any atom is 0.303 e. The smallest absolute Gasteiger partial charge is 0.303 e. The summed E-state index contributed by atoms with van der Waals surface area (Å²) in [5.41, 5.74) is 1.06. The average molecular weight is 251 g/mol. The van der Waals surface area contributed by atoms with Crippen molar-refractivity contribution in [2.24, 2.45) is 5.92 Å². The van der Waals surface area contributed by atoms with Crippen LogP contribution in [-0.4, -0.2) is 28.6 Å². The molecule has 0 radical (unpaired) electrons. The summed E-state index contributed by atoms with van der Waals surface area (Å²) in [6.45, 7) is 3.82. The Morgan fingerprint density at radius 1 is 1.39 bits per heavy atom. The number of nitrogens with one attached hydrogen (secondary N) is 1. The number of phenols is 1. The average Bonchev–Trinajstić information content (AvgIpc) is 2.25. The first-order valence-corrected chi connectivity index (χ1v) is 5.69. The number of phenolic OH excluding ortho intramolecular Hbond substituents is 1. The van der Waals surface area contributed by atoms with E-state index in [2.05, 4.69) is 5.32 Å². The first-order valence-electron chi connectivity index (χ1n) is 5.69. The lowest BCUT2D eigenvalue weighted by molar-refractivity contribution is -0.137. The van der Waals surface area contributed by atoms with Gasteiger partial charge in [0, 0.05) is 13.0 Å². The number of carbonyl (C=O) groups is 2. The number of amides is 1. The third kappa shape index (κ3) is 4.08. The Morgan fingerprint density at radius 2 is 2.06 bits per heavy atom. The van der Waals surface area contributed by atoms with Crippen LogP contribution in [0.2, 0.25) is 0 Å². The summed E-state index contributed by atoms with van der Waals surface area (Å²) in [5.74, 6) is -1.52. The monoisotopic (exact) mass is 251 g/mol. The minimum Gasteiger partial charge on any atom is -0.507 e. The van der Waals surface area contributed by atoms with Crippen LogP contribution in [0.3, 0.4) is 0 Å². The lowest BCUT2D eigenvalue weighted by Gasteiger charge is -2.11. The van der Waals surface area contributed by atoms with E-state index < -0.39 is 11.9 Å². The number of aliphatic carboxylic acids is 1. The molecule has 18 heavy (non-hydrogen) atoms. The fourth-order valence-electron chi connectivity index (χ4n) is 1.57. The van der Waals surface area contributed by atoms with E-state index >= 15 is 0 Å². The van der Waals surface area contributed by atoms with Gasteiger partial charge in [-0.25, -0.2) is 0 Å². The molecule has 0 aromatic heterocycles. The molecule has 0 aliphatic rings. The highest BCUT2D eigenvalue weighted by atomic mass is 16.4. The third-order valence-electron chi connectivity index (χ3n) is 2.53. The molecule has 1 atom stereocenters. The molecule has 98 valence electrons. The van der Waals surface area contributed by atoms with Gasteiger partial charge in [-0.15, -0.1) is 0 Å². The van der Waals surface area contributed by atoms with Gasteiger partial charge in [0.15, 0.2) is 0 Å². The van der Waals surface area contributed by atoms with Gasteiger partial charge >= 0.3 is 5.97 Å². The first kappa shape index (κ1) is 14.0. The van der Waals surface area contributed by atoms with Crippen LogP contribution in [0, 0.1) is 12.8 Å². The second-order valence-corrected chi connectivity index (χ2v) is 4.43. The van der Waals surface area contributed by atoms with E-state index in [1.165, 1.54) is 6.07 Å². The van der Waals surface area contributed by atoms with Crippen LogP contribution >= 0.6 is 0 Å². The van der Waals surface area contributed by atoms with Crippen LogP contribution in [0.25, 0.3) is 0 Å². The molecule has 0 saturated heterocycles. The number of rotatable bonds is 5. The minimum atomic E-state index is -0.894. The van der Waals surface area contributed by atoms with E-state index in [-0.39, 0.29) is 30.2 Å². The second-order valence-electron chi connectivity index (χ2n) is 4.43. The molecule has 5 nitrogen and oxygen atoms in total. The molecular formula is C13H17NO4. The van der Waals surface area contributed by atoms with Crippen molar-refractivity contribution < 1.29 is 19.8 Å². The predicted octanol–water partition coefficient (Wildman–Crippen LogP) is 1.54. The SMILES string of the molecule is Cc1ccc(C(=O)NCC(C)CC(=O)O)c(O)c1. The molecule has 1 unspecified atom stereocenters. The molecule has 0 spiro atoms. The summed E-state index contributed by atoms with van der Waals surface area (Å²) in [5, 5.41) is 20.8. The topological polar surface area (TPSA) is 86.6 Å². The fraction of sp³-hybridized carbons (Fsp3) is 0.385. The van der Waals surface area contributed by atoms with Gasteiger partial charge in [-0.1, -0.05) is 13.0 Å². The van der Waals surface area contributed by atoms with Gasteiger partial charge < -0.3 is 15.5 Å². The number of carbonyl (C=O) groups excluding carboxylic acids is 1. The van der Waals surface area contributed by atoms with Gasteiger partial charge in [0.1, 0.15) is 5.75 Å². The van der Waals surface area contributed by atoms with Crippen LogP contribution in [0.1, 0.15) is 29.3 Å². The van der Waals surface area contributed by atoms with E-state index in [1.807, 2.05) is 6.92 Å². The van der Waals surface area contributed by atoms with E-state index in [9.17, 15) is 14.7 Å². The molecule has 5 heteroatoms. The zero-order chi connectivity index (χ0) is 13.7. The standard InChI is InChI=1S/C13H17NO4/c1-8-3-4-10(11(15)5-8)13(18)14-7-9(2)6-12(16)17/h3-5,9,15H,6-7H2,1-2H3,(H,14,18)(H,16,17). The number of carboxylic acids is 1. The number of hydrogen-bond donors (Lipinski definition) is 3. The molecule has 0 bridgehead atoms. The third-order valence-corrected chi connectivity index (χ3v) is 2.53. The van der Waals surface area contributed by atoms with E-state index in [0.29, 0.717) is 0 Å². The summed E-state index contributed by atoms with van der Waals surface area (Å²) in [7, 11) is 0. The quantitative estimate of drug-likeness (QED) is 0.740. The summed E-state index contributed by atoms with van der Waals surface area (Å²) < 4.78 is 0. The molecule has 3 N–H and O–H groups in total. The van der Waals surface area contributed by atoms with E-state index in [0.717, 1.165) is 5.56 Å². The van der Waals surface area contributed by atoms with Crippen LogP contribution in [0.5, 0.6) is 5.75 Å². The highest BCUT2D eigenvalue weighted by molar-refractivity contribution is 5.96. The molecule has 1 aromatic rings. The number of hydrogen-bond acceptors (Lipinski definition) is 3. The zero-order valence-corrected chi connectivity index (χ0v) is 10.4. The largest absolute Gasteiger partial charge is 0.507 e. The molecule has 1 amide bonds. The Labute approximate surface area is 105 Å². The summed E-state index contributed by atoms with van der Waals surface area (Å²) in [6.07, 6.45) is 0.000159. The Hall–Kier alpha value is -2.04. The minimum absolute atomic E-state index is 0.000159. The molecular weight excluding hydrogens is 234 g/mol. The van der Waals surface area contributed by atoms with Gasteiger partial charge in [-0.2, -0.15) is 0 Å². The lowest BCUT2D eigenvalue weighted by atomic mass is 10.1. The Kier molecular flexibility index (Phi) is 4.71. The lowest BCUT2D eigenvalue weighted by Crippen LogP contribution is -2.29. The molecule has 0 saturated carbocycles. The van der Waals surface area contributed by atoms with E-state index in [1.54, 1.807) is 19.1 Å². The number of benzene rings is 1. The van der Waals surface area contributed by atoms with Crippen molar-refractivity contribution in [2.45, 2.75) is 20.3 Å². The van der Waals surface area contributed by atoms with Gasteiger partial charge in [-0.3, -0.25) is 9.59 Å². The van der Waals surface area contributed by atoms with Gasteiger partial charge in [-0.05, 0) is 30.5 Å². The molecule has 0 fully saturated rings. The molecule has 0 heterocycles. The van der Waals surface area contributed by atoms with Crippen LogP contribution in [0.15, 0.2) is 18.2 Å². The van der Waals surface area contributed by atoms with Crippen LogP contribution in [0.4, 0.5) is 0 Å². The van der Waals surface area contributed by atoms with Crippen LogP contribution < -0.4 is 5.32 Å². The summed E-state index contributed by atoms with van der Waals surface area (Å²) in [4.78, 5) is 22.2. The Balaban J connectivity index is 2.58. The number of aryl methyl sites for hydroxylation is 1. The van der Waals surface area contributed by atoms with Crippen molar-refractivity contribution in [3.05, 3.63) is 29.3 Å². The highest BCUT2D eigenvalue weighted by Gasteiger charge is 2.13. The Morgan fingerprint density at radius 3 is 2.61 bits per heavy atom. The van der Waals surface area contributed by atoms with Crippen molar-refractivity contribution in [3.8, 4) is 5.75 Å². The van der Waals surface area contributed by atoms with Crippen molar-refractivity contribution >= 4 is 11.9 Å². The Bertz CT molecular complexity index is 456. The zero-order valence-electron chi connectivity index (χ0n) is 10.4. The summed E-state index contributed by atoms with van der Waals surface area (Å²) in [6, 6.07) is 4.78. The molecule has 0 aliphatic heterocycles. The van der Waals surface area contributed by atoms with Crippen LogP contribution in [-0.2, 0) is 4.79 Å². The number of aromatic hydroxyl groups is 1. The van der Waals surface area contributed by atoms with Crippen molar-refractivity contribution in [3.63, 3.8) is 0 Å². The van der Waals surface area contributed by atoms with E-state index in [4.69, 9.17) is 5.11 Å². The summed E-state index contributed by atoms with van der Waals surface area (Å²) >= 11 is 0. The van der Waals surface area contributed by atoms with Gasteiger partial charge in [0.25, 0.3) is 5.91 Å². The number of carboxylic acid groups (broad SMARTS) is 1.